The molecule has 8 nitrogen and oxygen atoms in total. The van der Waals surface area contributed by atoms with E-state index in [-0.39, 0.29) is 39.4 Å². The molecule has 0 bridgehead atoms. The van der Waals surface area contributed by atoms with Crippen LogP contribution in [0.2, 0.25) is 5.02 Å². The van der Waals surface area contributed by atoms with Crippen molar-refractivity contribution in [1.29, 1.82) is 0 Å². The van der Waals surface area contributed by atoms with Crippen molar-refractivity contribution in [2.45, 2.75) is 12.5 Å². The van der Waals surface area contributed by atoms with Gasteiger partial charge in [-0.05, 0) is 55.4 Å². The molecule has 33 heavy (non-hydrogen) atoms. The van der Waals surface area contributed by atoms with Gasteiger partial charge in [0, 0.05) is 41.7 Å². The van der Waals surface area contributed by atoms with Crippen LogP contribution in [0.15, 0.2) is 67.0 Å². The number of benzene rings is 2. The minimum Gasteiger partial charge on any atom is -0.507 e. The van der Waals surface area contributed by atoms with Gasteiger partial charge in [-0.15, -0.1) is 0 Å². The summed E-state index contributed by atoms with van der Waals surface area (Å²) in [5, 5.41) is 15.9. The summed E-state index contributed by atoms with van der Waals surface area (Å²) >= 11 is 5.96. The van der Waals surface area contributed by atoms with Crippen molar-refractivity contribution < 1.29 is 19.5 Å². The lowest BCUT2D eigenvalue weighted by atomic mass is 10.0. The van der Waals surface area contributed by atoms with Gasteiger partial charge in [-0.2, -0.15) is 0 Å². The number of aromatic nitrogens is 1. The van der Waals surface area contributed by atoms with E-state index in [0.29, 0.717) is 5.56 Å². The molecule has 5 N–H and O–H groups in total. The third-order valence-corrected chi connectivity index (χ3v) is 5.30. The van der Waals surface area contributed by atoms with E-state index in [2.05, 4.69) is 15.6 Å². The van der Waals surface area contributed by atoms with E-state index in [1.54, 1.807) is 36.7 Å². The molecule has 0 aliphatic carbocycles. The molecule has 1 aliphatic heterocycles. The van der Waals surface area contributed by atoms with Crippen molar-refractivity contribution in [3.05, 3.63) is 94.3 Å². The maximum atomic E-state index is 12.2. The van der Waals surface area contributed by atoms with E-state index in [9.17, 15) is 19.5 Å². The van der Waals surface area contributed by atoms with E-state index in [1.165, 1.54) is 30.3 Å². The van der Waals surface area contributed by atoms with Crippen LogP contribution in [0.25, 0.3) is 0 Å². The van der Waals surface area contributed by atoms with Crippen LogP contribution < -0.4 is 16.4 Å². The van der Waals surface area contributed by atoms with Crippen LogP contribution in [0.3, 0.4) is 0 Å². The molecule has 1 saturated heterocycles. The first kappa shape index (κ1) is 23.9. The first-order chi connectivity index (χ1) is 15.9. The Morgan fingerprint density at radius 3 is 2.36 bits per heavy atom. The van der Waals surface area contributed by atoms with Crippen molar-refractivity contribution >= 4 is 29.2 Å². The Bertz CT molecular complexity index is 1150. The molecule has 1 aliphatic rings. The Morgan fingerprint density at radius 2 is 1.76 bits per heavy atom. The zero-order valence-electron chi connectivity index (χ0n) is 17.6. The molecule has 0 spiro atoms. The molecule has 2 aromatic carbocycles. The molecule has 1 atom stereocenters. The molecule has 170 valence electrons. The van der Waals surface area contributed by atoms with E-state index in [1.807, 2.05) is 0 Å². The number of phenols is 1. The lowest BCUT2D eigenvalue weighted by Crippen LogP contribution is -2.36. The molecule has 9 heteroatoms. The van der Waals surface area contributed by atoms with Crippen molar-refractivity contribution in [2.24, 2.45) is 5.73 Å². The van der Waals surface area contributed by atoms with Crippen LogP contribution in [-0.4, -0.2) is 46.8 Å². The van der Waals surface area contributed by atoms with Gasteiger partial charge in [0.15, 0.2) is 5.78 Å². The first-order valence-electron chi connectivity index (χ1n) is 10.2. The van der Waals surface area contributed by atoms with Gasteiger partial charge in [-0.25, -0.2) is 0 Å². The number of nitrogens with zero attached hydrogens (tertiary/aromatic N) is 1. The molecular weight excluding hydrogens is 444 g/mol. The summed E-state index contributed by atoms with van der Waals surface area (Å²) in [6.07, 6.45) is 4.26. The molecular formula is C24H23ClN4O4. The quantitative estimate of drug-likeness (QED) is 0.427. The third-order valence-electron chi connectivity index (χ3n) is 4.98. The summed E-state index contributed by atoms with van der Waals surface area (Å²) < 4.78 is 0. The number of carbonyl (C=O) groups is 3. The Balaban J connectivity index is 0.000000194. The smallest absolute Gasteiger partial charge is 0.251 e. The number of halogens is 1. The van der Waals surface area contributed by atoms with Crippen LogP contribution in [0.5, 0.6) is 5.75 Å². The highest BCUT2D eigenvalue weighted by atomic mass is 35.5. The van der Waals surface area contributed by atoms with E-state index >= 15 is 0 Å². The second-order valence-electron chi connectivity index (χ2n) is 7.30. The predicted octanol–water partition coefficient (Wildman–Crippen LogP) is 2.55. The number of nitrogens with two attached hydrogens (primary N) is 1. The van der Waals surface area contributed by atoms with Gasteiger partial charge in [0.05, 0.1) is 10.6 Å². The average Bonchev–Trinajstić information content (AvgIpc) is 3.33. The topological polar surface area (TPSA) is 134 Å². The molecule has 3 aromatic rings. The van der Waals surface area contributed by atoms with Gasteiger partial charge in [-0.1, -0.05) is 23.7 Å². The zero-order chi connectivity index (χ0) is 23.8. The van der Waals surface area contributed by atoms with Crippen LogP contribution in [0.4, 0.5) is 0 Å². The number of carbonyl (C=O) groups excluding carboxylic acids is 3. The number of ketones is 1. The van der Waals surface area contributed by atoms with Gasteiger partial charge in [-0.3, -0.25) is 19.4 Å². The monoisotopic (exact) mass is 466 g/mol. The van der Waals surface area contributed by atoms with Crippen LogP contribution in [0.1, 0.15) is 43.1 Å². The predicted molar refractivity (Wildman–Crippen MR) is 124 cm³/mol. The number of rotatable bonds is 5. The average molecular weight is 467 g/mol. The number of amides is 2. The first-order valence-corrected chi connectivity index (χ1v) is 10.6. The van der Waals surface area contributed by atoms with Gasteiger partial charge < -0.3 is 21.5 Å². The summed E-state index contributed by atoms with van der Waals surface area (Å²) in [6.45, 7) is 1.86. The Kier molecular flexibility index (Phi) is 8.12. The molecule has 2 amide bonds. The van der Waals surface area contributed by atoms with Gasteiger partial charge in [0.25, 0.3) is 5.91 Å². The number of hydrogen-bond acceptors (Lipinski definition) is 6. The molecule has 0 radical (unpaired) electrons. The summed E-state index contributed by atoms with van der Waals surface area (Å²) in [6, 6.07) is 14.0. The summed E-state index contributed by atoms with van der Waals surface area (Å²) in [5.74, 6) is -1.17. The Labute approximate surface area is 195 Å². The second-order valence-corrected chi connectivity index (χ2v) is 7.71. The number of pyridine rings is 1. The highest BCUT2D eigenvalue weighted by Gasteiger charge is 2.18. The van der Waals surface area contributed by atoms with E-state index < -0.39 is 11.7 Å². The van der Waals surface area contributed by atoms with Crippen molar-refractivity contribution in [2.75, 3.05) is 13.1 Å². The van der Waals surface area contributed by atoms with Gasteiger partial charge in [0.2, 0.25) is 5.91 Å². The number of primary amides is 1. The molecule has 4 rings (SSSR count). The summed E-state index contributed by atoms with van der Waals surface area (Å²) in [7, 11) is 0. The maximum absolute atomic E-state index is 12.2. The maximum Gasteiger partial charge on any atom is 0.251 e. The standard InChI is InChI=1S/C14H10ClNO3.C10H13N3O/c15-11-7-8(14(16)19)5-6-9(11)13(18)10-3-1-2-4-12(10)17;14-10(8-1-4-11-5-2-8)13-9-3-6-12-7-9/h1-7,17H,(H2,16,19);1-2,4-5,9,12H,3,6-7H2,(H,13,14). The highest BCUT2D eigenvalue weighted by molar-refractivity contribution is 6.35. The fraction of sp³-hybridized carbons (Fsp3) is 0.167. The minimum absolute atomic E-state index is 0.0129. The third kappa shape index (κ3) is 6.38. The largest absolute Gasteiger partial charge is 0.507 e. The fourth-order valence-electron chi connectivity index (χ4n) is 3.21. The SMILES string of the molecule is NC(=O)c1ccc(C(=O)c2ccccc2O)c(Cl)c1.O=C(NC1CCNC1)c1ccncc1. The Morgan fingerprint density at radius 1 is 1.03 bits per heavy atom. The number of phenolic OH excluding ortho intramolecular Hbond substituents is 1. The second kappa shape index (κ2) is 11.2. The molecule has 1 unspecified atom stereocenters. The summed E-state index contributed by atoms with van der Waals surface area (Å²) in [4.78, 5) is 38.7. The number of para-hydroxylation sites is 1. The normalized spacial score (nSPS) is 14.6. The lowest BCUT2D eigenvalue weighted by Gasteiger charge is -2.10. The van der Waals surface area contributed by atoms with Crippen molar-refractivity contribution in [1.82, 2.24) is 15.6 Å². The zero-order valence-corrected chi connectivity index (χ0v) is 18.4. The van der Waals surface area contributed by atoms with Crippen LogP contribution in [-0.2, 0) is 0 Å². The molecule has 2 heterocycles. The minimum atomic E-state index is -0.622. The number of aromatic hydroxyl groups is 1. The molecule has 0 saturated carbocycles. The van der Waals surface area contributed by atoms with Crippen molar-refractivity contribution in [3.8, 4) is 5.75 Å². The molecule has 1 fully saturated rings. The van der Waals surface area contributed by atoms with Gasteiger partial charge in [0.1, 0.15) is 5.75 Å². The van der Waals surface area contributed by atoms with Crippen LogP contribution >= 0.6 is 11.6 Å². The highest BCUT2D eigenvalue weighted by Crippen LogP contribution is 2.25. The molecule has 1 aromatic heterocycles. The van der Waals surface area contributed by atoms with E-state index in [0.717, 1.165) is 19.5 Å². The van der Waals surface area contributed by atoms with Gasteiger partial charge >= 0.3 is 0 Å². The van der Waals surface area contributed by atoms with Crippen molar-refractivity contribution in [3.63, 3.8) is 0 Å². The Hall–Kier alpha value is -3.75. The fourth-order valence-corrected chi connectivity index (χ4v) is 3.48. The lowest BCUT2D eigenvalue weighted by molar-refractivity contribution is 0.0938. The number of nitrogens with one attached hydrogen (secondary N) is 2. The summed E-state index contributed by atoms with van der Waals surface area (Å²) in [5.41, 5.74) is 6.37. The van der Waals surface area contributed by atoms with Crippen LogP contribution in [0, 0.1) is 0 Å². The number of hydrogen-bond donors (Lipinski definition) is 4. The van der Waals surface area contributed by atoms with E-state index in [4.69, 9.17) is 17.3 Å².